The minimum atomic E-state index is -0.148. The molecule has 1 aromatic carbocycles. The molecule has 98 valence electrons. The number of ether oxygens (including phenoxy) is 2. The smallest absolute Gasteiger partial charge is 0.283 e. The molecule has 5 heteroatoms. The zero-order valence-corrected chi connectivity index (χ0v) is 10.4. The van der Waals surface area contributed by atoms with Crippen LogP contribution in [0, 0.1) is 0 Å². The molecule has 5 nitrogen and oxygen atoms in total. The van der Waals surface area contributed by atoms with Crippen LogP contribution >= 0.6 is 0 Å². The normalized spacial score (nSPS) is 15.3. The lowest BCUT2D eigenvalue weighted by atomic mass is 10.3. The number of carbonyl (C=O) groups excluding carboxylic acids is 1. The summed E-state index contributed by atoms with van der Waals surface area (Å²) in [6, 6.07) is 7.11. The largest absolute Gasteiger partial charge is 0.497 e. The van der Waals surface area contributed by atoms with Crippen molar-refractivity contribution in [1.29, 1.82) is 0 Å². The molecule has 0 bridgehead atoms. The van der Waals surface area contributed by atoms with Crippen molar-refractivity contribution in [1.82, 2.24) is 5.06 Å². The van der Waals surface area contributed by atoms with Gasteiger partial charge in [0.2, 0.25) is 0 Å². The van der Waals surface area contributed by atoms with Crippen LogP contribution < -0.4 is 9.47 Å². The molecule has 0 aliphatic carbocycles. The van der Waals surface area contributed by atoms with Crippen LogP contribution in [0.2, 0.25) is 0 Å². The summed E-state index contributed by atoms with van der Waals surface area (Å²) in [6.45, 7) is 1.24. The first-order valence-electron chi connectivity index (χ1n) is 6.00. The van der Waals surface area contributed by atoms with E-state index in [9.17, 15) is 4.79 Å². The van der Waals surface area contributed by atoms with Crippen molar-refractivity contribution in [2.45, 2.75) is 12.8 Å². The van der Waals surface area contributed by atoms with Gasteiger partial charge in [-0.1, -0.05) is 0 Å². The molecule has 1 aliphatic rings. The van der Waals surface area contributed by atoms with Gasteiger partial charge in [0, 0.05) is 6.54 Å². The second-order valence-corrected chi connectivity index (χ2v) is 4.00. The van der Waals surface area contributed by atoms with Gasteiger partial charge in [0.15, 0.2) is 6.61 Å². The van der Waals surface area contributed by atoms with Gasteiger partial charge in [-0.3, -0.25) is 9.63 Å². The Labute approximate surface area is 106 Å². The Morgan fingerprint density at radius 1 is 1.28 bits per heavy atom. The first-order valence-corrected chi connectivity index (χ1v) is 6.00. The fourth-order valence-electron chi connectivity index (χ4n) is 1.68. The Morgan fingerprint density at radius 2 is 2.00 bits per heavy atom. The molecule has 1 amide bonds. The molecular weight excluding hydrogens is 234 g/mol. The van der Waals surface area contributed by atoms with Crippen LogP contribution in [-0.2, 0) is 9.63 Å². The molecule has 0 atom stereocenters. The number of methoxy groups -OCH3 is 1. The predicted octanol–water partition coefficient (Wildman–Crippen LogP) is 1.63. The maximum Gasteiger partial charge on any atom is 0.283 e. The fraction of sp³-hybridized carbons (Fsp3) is 0.462. The van der Waals surface area contributed by atoms with Gasteiger partial charge in [-0.15, -0.1) is 0 Å². The first kappa shape index (κ1) is 12.7. The van der Waals surface area contributed by atoms with Crippen molar-refractivity contribution in [3.05, 3.63) is 24.3 Å². The number of nitrogens with zero attached hydrogens (tertiary/aromatic N) is 1. The van der Waals surface area contributed by atoms with Gasteiger partial charge in [0.05, 0.1) is 13.7 Å². The van der Waals surface area contributed by atoms with Gasteiger partial charge >= 0.3 is 0 Å². The van der Waals surface area contributed by atoms with Crippen LogP contribution in [0.4, 0.5) is 0 Å². The second kappa shape index (κ2) is 6.26. The minimum absolute atomic E-state index is 0.00761. The number of hydroxylamine groups is 2. The standard InChI is InChI=1S/C13H17NO4/c1-16-11-4-6-12(7-5-11)17-10-13(15)14-8-2-3-9-18-14/h4-7H,2-3,8-10H2,1H3. The number of amides is 1. The van der Waals surface area contributed by atoms with Gasteiger partial charge in [0.1, 0.15) is 11.5 Å². The zero-order valence-electron chi connectivity index (χ0n) is 10.4. The van der Waals surface area contributed by atoms with Crippen molar-refractivity contribution >= 4 is 5.91 Å². The number of carbonyl (C=O) groups is 1. The lowest BCUT2D eigenvalue weighted by Crippen LogP contribution is -2.38. The van der Waals surface area contributed by atoms with Crippen LogP contribution in [0.25, 0.3) is 0 Å². The third kappa shape index (κ3) is 3.37. The van der Waals surface area contributed by atoms with E-state index in [0.29, 0.717) is 18.9 Å². The second-order valence-electron chi connectivity index (χ2n) is 4.00. The molecule has 1 saturated heterocycles. The SMILES string of the molecule is COc1ccc(OCC(=O)N2CCCCO2)cc1. The Morgan fingerprint density at radius 3 is 2.61 bits per heavy atom. The molecule has 0 aromatic heterocycles. The van der Waals surface area contributed by atoms with E-state index in [1.807, 2.05) is 0 Å². The molecule has 0 unspecified atom stereocenters. The topological polar surface area (TPSA) is 48.0 Å². The number of hydrogen-bond acceptors (Lipinski definition) is 4. The Kier molecular flexibility index (Phi) is 4.41. The van der Waals surface area contributed by atoms with Crippen LogP contribution in [0.1, 0.15) is 12.8 Å². The van der Waals surface area contributed by atoms with Gasteiger partial charge in [-0.2, -0.15) is 0 Å². The van der Waals surface area contributed by atoms with E-state index < -0.39 is 0 Å². The molecule has 0 spiro atoms. The molecule has 0 saturated carbocycles. The molecule has 0 radical (unpaired) electrons. The Bertz CT molecular complexity index is 384. The van der Waals surface area contributed by atoms with Crippen molar-refractivity contribution in [2.24, 2.45) is 0 Å². The van der Waals surface area contributed by atoms with Crippen LogP contribution in [0.3, 0.4) is 0 Å². The summed E-state index contributed by atoms with van der Waals surface area (Å²) in [5.74, 6) is 1.25. The van der Waals surface area contributed by atoms with Gasteiger partial charge in [0.25, 0.3) is 5.91 Å². The summed E-state index contributed by atoms with van der Waals surface area (Å²) < 4.78 is 10.4. The molecule has 1 heterocycles. The summed E-state index contributed by atoms with van der Waals surface area (Å²) in [5, 5.41) is 1.38. The van der Waals surface area contributed by atoms with E-state index in [-0.39, 0.29) is 12.5 Å². The van der Waals surface area contributed by atoms with Crippen molar-refractivity contribution < 1.29 is 19.1 Å². The monoisotopic (exact) mass is 251 g/mol. The van der Waals surface area contributed by atoms with Crippen LogP contribution in [0.5, 0.6) is 11.5 Å². The summed E-state index contributed by atoms with van der Waals surface area (Å²) in [6.07, 6.45) is 1.98. The molecule has 1 aromatic rings. The average molecular weight is 251 g/mol. The predicted molar refractivity (Wildman–Crippen MR) is 65.4 cm³/mol. The fourth-order valence-corrected chi connectivity index (χ4v) is 1.68. The third-order valence-electron chi connectivity index (χ3n) is 2.70. The molecular formula is C13H17NO4. The zero-order chi connectivity index (χ0) is 12.8. The maximum absolute atomic E-state index is 11.7. The first-order chi connectivity index (χ1) is 8.79. The van der Waals surface area contributed by atoms with E-state index in [1.54, 1.807) is 31.4 Å². The number of hydrogen-bond donors (Lipinski definition) is 0. The molecule has 1 aliphatic heterocycles. The van der Waals surface area contributed by atoms with Crippen molar-refractivity contribution in [3.8, 4) is 11.5 Å². The summed E-state index contributed by atoms with van der Waals surface area (Å²) in [5.41, 5.74) is 0. The van der Waals surface area contributed by atoms with E-state index in [4.69, 9.17) is 14.3 Å². The Balaban J connectivity index is 1.80. The maximum atomic E-state index is 11.7. The van der Waals surface area contributed by atoms with Crippen LogP contribution in [-0.4, -0.2) is 37.8 Å². The highest BCUT2D eigenvalue weighted by Gasteiger charge is 2.17. The summed E-state index contributed by atoms with van der Waals surface area (Å²) >= 11 is 0. The highest BCUT2D eigenvalue weighted by atomic mass is 16.7. The van der Waals surface area contributed by atoms with Crippen molar-refractivity contribution in [3.63, 3.8) is 0 Å². The van der Waals surface area contributed by atoms with E-state index in [2.05, 4.69) is 0 Å². The van der Waals surface area contributed by atoms with E-state index >= 15 is 0 Å². The van der Waals surface area contributed by atoms with Gasteiger partial charge in [-0.05, 0) is 37.1 Å². The minimum Gasteiger partial charge on any atom is -0.497 e. The quantitative estimate of drug-likeness (QED) is 0.816. The third-order valence-corrected chi connectivity index (χ3v) is 2.70. The lowest BCUT2D eigenvalue weighted by Gasteiger charge is -2.25. The molecule has 18 heavy (non-hydrogen) atoms. The highest BCUT2D eigenvalue weighted by Crippen LogP contribution is 2.17. The lowest BCUT2D eigenvalue weighted by molar-refractivity contribution is -0.198. The van der Waals surface area contributed by atoms with E-state index in [1.165, 1.54) is 5.06 Å². The number of benzene rings is 1. The van der Waals surface area contributed by atoms with Crippen molar-refractivity contribution in [2.75, 3.05) is 26.9 Å². The Hall–Kier alpha value is -1.75. The average Bonchev–Trinajstić information content (AvgIpc) is 2.46. The molecule has 2 rings (SSSR count). The van der Waals surface area contributed by atoms with E-state index in [0.717, 1.165) is 18.6 Å². The van der Waals surface area contributed by atoms with Crippen LogP contribution in [0.15, 0.2) is 24.3 Å². The molecule has 0 N–H and O–H groups in total. The summed E-state index contributed by atoms with van der Waals surface area (Å²) in [7, 11) is 1.60. The van der Waals surface area contributed by atoms with Gasteiger partial charge < -0.3 is 9.47 Å². The highest BCUT2D eigenvalue weighted by molar-refractivity contribution is 5.76. The number of rotatable bonds is 4. The summed E-state index contributed by atoms with van der Waals surface area (Å²) in [4.78, 5) is 17.0. The molecule has 1 fully saturated rings. The van der Waals surface area contributed by atoms with Gasteiger partial charge in [-0.25, -0.2) is 5.06 Å².